The molecule has 0 unspecified atom stereocenters. The maximum absolute atomic E-state index is 12.4. The normalized spacial score (nSPS) is 10.7. The molecule has 0 radical (unpaired) electrons. The molecule has 160 valence electrons. The van der Waals surface area contributed by atoms with Gasteiger partial charge in [-0.15, -0.1) is 0 Å². The third-order valence-corrected chi connectivity index (χ3v) is 4.62. The first kappa shape index (κ1) is 22.6. The Morgan fingerprint density at radius 3 is 2.38 bits per heavy atom. The summed E-state index contributed by atoms with van der Waals surface area (Å²) in [4.78, 5) is 24.6. The predicted molar refractivity (Wildman–Crippen MR) is 124 cm³/mol. The molecular formula is C25H20ClN3O3. The molecule has 0 saturated heterocycles. The Kier molecular flexibility index (Phi) is 8.02. The van der Waals surface area contributed by atoms with E-state index in [-0.39, 0.29) is 18.1 Å². The van der Waals surface area contributed by atoms with Crippen molar-refractivity contribution in [3.63, 3.8) is 0 Å². The van der Waals surface area contributed by atoms with Crippen LogP contribution in [0.3, 0.4) is 0 Å². The van der Waals surface area contributed by atoms with Gasteiger partial charge in [0.05, 0.1) is 0 Å². The van der Waals surface area contributed by atoms with Gasteiger partial charge in [0.25, 0.3) is 11.8 Å². The van der Waals surface area contributed by atoms with Crippen molar-refractivity contribution < 1.29 is 14.3 Å². The fourth-order valence-electron chi connectivity index (χ4n) is 2.78. The first-order valence-electron chi connectivity index (χ1n) is 9.76. The Morgan fingerprint density at radius 1 is 0.969 bits per heavy atom. The molecule has 0 fully saturated rings. The van der Waals surface area contributed by atoms with Crippen LogP contribution in [0.5, 0.6) is 5.75 Å². The van der Waals surface area contributed by atoms with Crippen molar-refractivity contribution in [2.24, 2.45) is 0 Å². The molecule has 0 atom stereocenters. The van der Waals surface area contributed by atoms with Crippen molar-refractivity contribution in [2.45, 2.75) is 6.54 Å². The third-order valence-electron chi connectivity index (χ3n) is 4.37. The number of amides is 2. The lowest BCUT2D eigenvalue weighted by Gasteiger charge is -2.10. The van der Waals surface area contributed by atoms with Gasteiger partial charge in [-0.1, -0.05) is 60.1 Å². The summed E-state index contributed by atoms with van der Waals surface area (Å²) in [6.45, 7) is 0.0667. The second kappa shape index (κ2) is 11.3. The first-order chi connectivity index (χ1) is 15.5. The smallest absolute Gasteiger partial charge is 0.262 e. The highest BCUT2D eigenvalue weighted by atomic mass is 35.5. The summed E-state index contributed by atoms with van der Waals surface area (Å²) in [6, 6.07) is 24.9. The van der Waals surface area contributed by atoms with E-state index in [0.29, 0.717) is 28.6 Å². The molecule has 0 aliphatic carbocycles. The van der Waals surface area contributed by atoms with E-state index in [1.165, 1.54) is 6.08 Å². The number of nitrogens with one attached hydrogen (secondary N) is 2. The first-order valence-corrected chi connectivity index (χ1v) is 10.1. The molecule has 0 aliphatic rings. The maximum Gasteiger partial charge on any atom is 0.262 e. The molecule has 7 heteroatoms. The second-order valence-electron chi connectivity index (χ2n) is 6.72. The molecule has 0 spiro atoms. The fraction of sp³-hybridized carbons (Fsp3) is 0.0800. The predicted octanol–water partition coefficient (Wildman–Crippen LogP) is 4.58. The molecule has 0 bridgehead atoms. The minimum Gasteiger partial charge on any atom is -0.483 e. The van der Waals surface area contributed by atoms with Crippen LogP contribution in [0.25, 0.3) is 6.08 Å². The number of anilines is 1. The number of benzene rings is 3. The van der Waals surface area contributed by atoms with Gasteiger partial charge in [0, 0.05) is 22.8 Å². The lowest BCUT2D eigenvalue weighted by atomic mass is 10.1. The summed E-state index contributed by atoms with van der Waals surface area (Å²) in [7, 11) is 0. The lowest BCUT2D eigenvalue weighted by molar-refractivity contribution is -0.118. The molecule has 3 rings (SSSR count). The van der Waals surface area contributed by atoms with Crippen LogP contribution in [0.2, 0.25) is 5.02 Å². The van der Waals surface area contributed by atoms with Crippen molar-refractivity contribution in [2.75, 3.05) is 11.9 Å². The van der Waals surface area contributed by atoms with Crippen LogP contribution in [0, 0.1) is 11.3 Å². The van der Waals surface area contributed by atoms with Crippen molar-refractivity contribution in [1.29, 1.82) is 5.26 Å². The highest BCUT2D eigenvalue weighted by Gasteiger charge is 2.12. The molecule has 2 N–H and O–H groups in total. The van der Waals surface area contributed by atoms with Crippen molar-refractivity contribution in [3.05, 3.63) is 101 Å². The van der Waals surface area contributed by atoms with Gasteiger partial charge in [-0.3, -0.25) is 9.59 Å². The number of hydrogen-bond acceptors (Lipinski definition) is 4. The van der Waals surface area contributed by atoms with Gasteiger partial charge in [-0.25, -0.2) is 0 Å². The minimum atomic E-state index is -0.494. The van der Waals surface area contributed by atoms with Gasteiger partial charge < -0.3 is 15.4 Å². The third kappa shape index (κ3) is 6.73. The number of hydrogen-bond donors (Lipinski definition) is 2. The molecule has 0 heterocycles. The number of para-hydroxylation sites is 1. The highest BCUT2D eigenvalue weighted by Crippen LogP contribution is 2.21. The highest BCUT2D eigenvalue weighted by molar-refractivity contribution is 6.30. The molecular weight excluding hydrogens is 426 g/mol. The lowest BCUT2D eigenvalue weighted by Crippen LogP contribution is -2.24. The molecule has 3 aromatic carbocycles. The zero-order valence-electron chi connectivity index (χ0n) is 17.0. The van der Waals surface area contributed by atoms with E-state index in [1.54, 1.807) is 48.5 Å². The molecule has 0 saturated carbocycles. The van der Waals surface area contributed by atoms with Gasteiger partial charge in [0.1, 0.15) is 17.4 Å². The van der Waals surface area contributed by atoms with Gasteiger partial charge in [-0.05, 0) is 42.0 Å². The summed E-state index contributed by atoms with van der Waals surface area (Å²) in [5.74, 6) is -0.471. The van der Waals surface area contributed by atoms with Crippen molar-refractivity contribution in [1.82, 2.24) is 5.32 Å². The van der Waals surface area contributed by atoms with Crippen LogP contribution in [-0.4, -0.2) is 18.4 Å². The quantitative estimate of drug-likeness (QED) is 0.392. The summed E-state index contributed by atoms with van der Waals surface area (Å²) in [5.41, 5.74) is 1.97. The zero-order valence-corrected chi connectivity index (χ0v) is 17.8. The van der Waals surface area contributed by atoms with E-state index in [4.69, 9.17) is 16.3 Å². The molecule has 6 nitrogen and oxygen atoms in total. The fourth-order valence-corrected chi connectivity index (χ4v) is 2.91. The number of rotatable bonds is 8. The molecule has 0 aliphatic heterocycles. The van der Waals surface area contributed by atoms with E-state index in [2.05, 4.69) is 10.6 Å². The van der Waals surface area contributed by atoms with E-state index in [1.807, 2.05) is 36.4 Å². The number of ether oxygens (including phenoxy) is 1. The number of carbonyl (C=O) groups is 2. The van der Waals surface area contributed by atoms with Crippen molar-refractivity contribution in [3.8, 4) is 11.8 Å². The standard InChI is InChI=1S/C25H20ClN3O3/c26-21-10-12-22(13-11-21)29-24(30)17-32-23-9-5-4-8-19(23)14-20(15-27)25(31)28-16-18-6-2-1-3-7-18/h1-14H,16-17H2,(H,28,31)(H,29,30)/b20-14+. The van der Waals surface area contributed by atoms with Gasteiger partial charge >= 0.3 is 0 Å². The van der Waals surface area contributed by atoms with Crippen LogP contribution in [-0.2, 0) is 16.1 Å². The van der Waals surface area contributed by atoms with E-state index in [0.717, 1.165) is 5.56 Å². The molecule has 2 amide bonds. The molecule has 32 heavy (non-hydrogen) atoms. The van der Waals surface area contributed by atoms with Crippen LogP contribution in [0.15, 0.2) is 84.4 Å². The van der Waals surface area contributed by atoms with Crippen LogP contribution in [0.1, 0.15) is 11.1 Å². The Bertz CT molecular complexity index is 1150. The average Bonchev–Trinajstić information content (AvgIpc) is 2.82. The van der Waals surface area contributed by atoms with Gasteiger partial charge in [0.2, 0.25) is 0 Å². The maximum atomic E-state index is 12.4. The summed E-state index contributed by atoms with van der Waals surface area (Å²) in [6.07, 6.45) is 1.44. The number of halogens is 1. The van der Waals surface area contributed by atoms with Gasteiger partial charge in [0.15, 0.2) is 6.61 Å². The summed E-state index contributed by atoms with van der Waals surface area (Å²) < 4.78 is 5.63. The number of nitriles is 1. The molecule has 3 aromatic rings. The topological polar surface area (TPSA) is 91.2 Å². The van der Waals surface area contributed by atoms with Crippen LogP contribution < -0.4 is 15.4 Å². The van der Waals surface area contributed by atoms with E-state index < -0.39 is 5.91 Å². The second-order valence-corrected chi connectivity index (χ2v) is 7.16. The molecule has 0 aromatic heterocycles. The SMILES string of the molecule is N#C/C(=C\c1ccccc1OCC(=O)Nc1ccc(Cl)cc1)C(=O)NCc1ccccc1. The van der Waals surface area contributed by atoms with Gasteiger partial charge in [-0.2, -0.15) is 5.26 Å². The van der Waals surface area contributed by atoms with Crippen LogP contribution >= 0.6 is 11.6 Å². The van der Waals surface area contributed by atoms with Crippen molar-refractivity contribution >= 4 is 35.2 Å². The summed E-state index contributed by atoms with van der Waals surface area (Å²) in [5, 5.41) is 15.5. The Hall–Kier alpha value is -4.08. The van der Waals surface area contributed by atoms with E-state index in [9.17, 15) is 14.9 Å². The zero-order chi connectivity index (χ0) is 22.8. The largest absolute Gasteiger partial charge is 0.483 e. The number of carbonyl (C=O) groups excluding carboxylic acids is 2. The minimum absolute atomic E-state index is 0.0670. The Morgan fingerprint density at radius 2 is 1.66 bits per heavy atom. The monoisotopic (exact) mass is 445 g/mol. The summed E-state index contributed by atoms with van der Waals surface area (Å²) >= 11 is 5.84. The van der Waals surface area contributed by atoms with E-state index >= 15 is 0 Å². The number of nitrogens with zero attached hydrogens (tertiary/aromatic N) is 1. The average molecular weight is 446 g/mol. The Balaban J connectivity index is 1.64. The Labute approximate surface area is 191 Å². The van der Waals surface area contributed by atoms with Crippen LogP contribution in [0.4, 0.5) is 5.69 Å².